The summed E-state index contributed by atoms with van der Waals surface area (Å²) in [6.07, 6.45) is 51.6. The van der Waals surface area contributed by atoms with Crippen LogP contribution in [-0.4, -0.2) is 11.4 Å². The number of hydrogen-bond acceptors (Lipinski definition) is 2. The summed E-state index contributed by atoms with van der Waals surface area (Å²) >= 11 is 0. The van der Waals surface area contributed by atoms with E-state index < -0.39 is 0 Å². The van der Waals surface area contributed by atoms with Gasteiger partial charge in [0.2, 0.25) is 0 Å². The van der Waals surface area contributed by atoms with Gasteiger partial charge in [0.15, 0.2) is 0 Å². The third-order valence-corrected chi connectivity index (χ3v) is 12.4. The monoisotopic (exact) mass is 797 g/mol. The fourth-order valence-electron chi connectivity index (χ4n) is 8.40. The fourth-order valence-corrected chi connectivity index (χ4v) is 8.40. The molecule has 0 N–H and O–H groups in total. The summed E-state index contributed by atoms with van der Waals surface area (Å²) in [5.41, 5.74) is 7.43. The molecule has 0 heterocycles. The molecule has 0 saturated carbocycles. The molecule has 2 heteroatoms. The molecule has 0 unspecified atom stereocenters. The molecule has 2 aromatic rings. The zero-order valence-electron chi connectivity index (χ0n) is 39.4. The van der Waals surface area contributed by atoms with Crippen molar-refractivity contribution >= 4 is 22.8 Å². The van der Waals surface area contributed by atoms with Crippen LogP contribution in [0.25, 0.3) is 0 Å². The van der Waals surface area contributed by atoms with Crippen molar-refractivity contribution in [2.45, 2.75) is 272 Å². The summed E-state index contributed by atoms with van der Waals surface area (Å²) in [5, 5.41) is 0. The van der Waals surface area contributed by atoms with Crippen molar-refractivity contribution in [1.29, 1.82) is 0 Å². The highest BCUT2D eigenvalue weighted by atomic mass is 14.8. The van der Waals surface area contributed by atoms with Crippen molar-refractivity contribution < 1.29 is 0 Å². The van der Waals surface area contributed by atoms with Gasteiger partial charge in [0.1, 0.15) is 0 Å². The Morgan fingerprint density at radius 3 is 0.741 bits per heavy atom. The van der Waals surface area contributed by atoms with Gasteiger partial charge in [-0.15, -0.1) is 0 Å². The van der Waals surface area contributed by atoms with Crippen LogP contribution < -0.4 is 0 Å². The highest BCUT2D eigenvalue weighted by Gasteiger charge is 2.11. The normalized spacial score (nSPS) is 12.2. The topological polar surface area (TPSA) is 24.7 Å². The second-order valence-electron chi connectivity index (χ2n) is 18.1. The molecule has 0 aromatic heterocycles. The first kappa shape index (κ1) is 51.9. The lowest BCUT2D eigenvalue weighted by Gasteiger charge is -2.11. The van der Waals surface area contributed by atoms with Crippen LogP contribution in [0.2, 0.25) is 0 Å². The first-order valence-corrected chi connectivity index (χ1v) is 26.0. The maximum atomic E-state index is 5.27. The minimum atomic E-state index is 0.997. The van der Waals surface area contributed by atoms with Crippen LogP contribution in [0.3, 0.4) is 0 Å². The molecule has 0 bridgehead atoms. The van der Waals surface area contributed by atoms with Crippen LogP contribution in [-0.2, 0) is 12.8 Å². The molecular weight excluding hydrogens is 701 g/mol. The maximum absolute atomic E-state index is 5.27. The van der Waals surface area contributed by atoms with Gasteiger partial charge in [-0.05, 0) is 86.8 Å². The van der Waals surface area contributed by atoms with E-state index in [1.165, 1.54) is 241 Å². The first-order chi connectivity index (χ1) is 28.7. The number of benzene rings is 2. The Balaban J connectivity index is 1.72. The van der Waals surface area contributed by atoms with E-state index in [4.69, 9.17) is 9.98 Å². The van der Waals surface area contributed by atoms with Crippen molar-refractivity contribution in [3.05, 3.63) is 59.7 Å². The van der Waals surface area contributed by atoms with Gasteiger partial charge in [0, 0.05) is 0 Å². The molecule has 0 amide bonds. The molecular formula is C56H96N2. The highest BCUT2D eigenvalue weighted by Crippen LogP contribution is 2.22. The molecule has 0 atom stereocenters. The summed E-state index contributed by atoms with van der Waals surface area (Å²) < 4.78 is 0. The van der Waals surface area contributed by atoms with E-state index >= 15 is 0 Å². The van der Waals surface area contributed by atoms with Gasteiger partial charge in [-0.1, -0.05) is 245 Å². The van der Waals surface area contributed by atoms with Crippen LogP contribution in [0.4, 0.5) is 11.4 Å². The lowest BCUT2D eigenvalue weighted by atomic mass is 10.0. The number of aryl methyl sites for hydroxylation is 2. The molecule has 2 nitrogen and oxygen atoms in total. The molecule has 0 fully saturated rings. The van der Waals surface area contributed by atoms with Crippen molar-refractivity contribution in [1.82, 2.24) is 0 Å². The maximum Gasteiger partial charge on any atom is 0.0633 e. The Kier molecular flexibility index (Phi) is 34.9. The number of aliphatic imine (C=N–C) groups is 2. The van der Waals surface area contributed by atoms with E-state index in [-0.39, 0.29) is 0 Å². The average molecular weight is 797 g/mol. The van der Waals surface area contributed by atoms with Gasteiger partial charge in [-0.3, -0.25) is 9.98 Å². The summed E-state index contributed by atoms with van der Waals surface area (Å²) in [6, 6.07) is 18.3. The predicted octanol–water partition coefficient (Wildman–Crippen LogP) is 19.7. The first-order valence-electron chi connectivity index (χ1n) is 26.0. The summed E-state index contributed by atoms with van der Waals surface area (Å²) in [4.78, 5) is 10.5. The minimum absolute atomic E-state index is 0.997. The largest absolute Gasteiger partial charge is 0.252 e. The van der Waals surface area contributed by atoms with Crippen molar-refractivity contribution in [2.24, 2.45) is 9.98 Å². The highest BCUT2D eigenvalue weighted by molar-refractivity contribution is 6.43. The Labute approximate surface area is 362 Å². The number of rotatable bonds is 41. The van der Waals surface area contributed by atoms with E-state index in [2.05, 4.69) is 76.2 Å². The van der Waals surface area contributed by atoms with Gasteiger partial charge in [-0.25, -0.2) is 0 Å². The fraction of sp³-hybridized carbons (Fsp3) is 0.750. The quantitative estimate of drug-likeness (QED) is 0.0473. The summed E-state index contributed by atoms with van der Waals surface area (Å²) in [7, 11) is 0. The Morgan fingerprint density at radius 1 is 0.276 bits per heavy atom. The smallest absolute Gasteiger partial charge is 0.0633 e. The Morgan fingerprint density at radius 2 is 0.500 bits per heavy atom. The van der Waals surface area contributed by atoms with Crippen LogP contribution in [0, 0.1) is 0 Å². The number of unbranched alkanes of at least 4 members (excludes halogenated alkanes) is 30. The van der Waals surface area contributed by atoms with Crippen molar-refractivity contribution in [3.63, 3.8) is 0 Å². The third-order valence-electron chi connectivity index (χ3n) is 12.4. The van der Waals surface area contributed by atoms with Crippen LogP contribution in [0.1, 0.15) is 270 Å². The molecule has 0 spiro atoms. The van der Waals surface area contributed by atoms with Crippen LogP contribution in [0.15, 0.2) is 58.5 Å². The molecule has 0 saturated heterocycles. The lowest BCUT2D eigenvalue weighted by molar-refractivity contribution is 0.532. The van der Waals surface area contributed by atoms with E-state index in [0.717, 1.165) is 37.1 Å². The number of nitrogens with zero attached hydrogens (tertiary/aromatic N) is 2. The third kappa shape index (κ3) is 29.1. The van der Waals surface area contributed by atoms with Gasteiger partial charge in [0.25, 0.3) is 0 Å². The van der Waals surface area contributed by atoms with Crippen molar-refractivity contribution in [2.75, 3.05) is 0 Å². The lowest BCUT2D eigenvalue weighted by Crippen LogP contribution is -2.14. The van der Waals surface area contributed by atoms with E-state index in [9.17, 15) is 0 Å². The molecule has 0 aliphatic heterocycles. The summed E-state index contributed by atoms with van der Waals surface area (Å²) in [6.45, 7) is 9.17. The minimum Gasteiger partial charge on any atom is -0.252 e. The molecule has 0 radical (unpaired) electrons. The van der Waals surface area contributed by atoms with Gasteiger partial charge < -0.3 is 0 Å². The molecule has 2 rings (SSSR count). The Bertz CT molecular complexity index is 1120. The molecule has 2 aromatic carbocycles. The van der Waals surface area contributed by atoms with E-state index in [1.54, 1.807) is 0 Å². The van der Waals surface area contributed by atoms with Gasteiger partial charge in [-0.2, -0.15) is 0 Å². The van der Waals surface area contributed by atoms with Crippen LogP contribution in [0.5, 0.6) is 0 Å². The van der Waals surface area contributed by atoms with E-state index in [1.807, 2.05) is 0 Å². The average Bonchev–Trinajstić information content (AvgIpc) is 3.24. The molecule has 330 valence electrons. The molecule has 58 heavy (non-hydrogen) atoms. The second kappa shape index (κ2) is 38.9. The van der Waals surface area contributed by atoms with E-state index in [0.29, 0.717) is 0 Å². The number of hydrogen-bond donors (Lipinski definition) is 0. The zero-order chi connectivity index (χ0) is 41.4. The molecule has 0 aliphatic carbocycles. The standard InChI is InChI=1S/C56H96N2/c1-5-9-13-15-17-19-21-23-25-27-29-31-33-35-37-39-51-43-47-53(48-44-51)57-55(41-11-7-3)56(42-12-8-4)58-54-49-45-52(46-50-54)40-38-36-34-32-30-28-26-24-22-20-18-16-14-10-6-2/h43-50H,5-42H2,1-4H3. The van der Waals surface area contributed by atoms with Gasteiger partial charge in [0.05, 0.1) is 22.8 Å². The van der Waals surface area contributed by atoms with Crippen LogP contribution >= 0.6 is 0 Å². The SMILES string of the molecule is CCCCCCCCCCCCCCCCCc1ccc(N=C(CCCC)C(CCCC)=Nc2ccc(CCCCCCCCCCCCCCCCC)cc2)cc1. The Hall–Kier alpha value is -2.22. The second-order valence-corrected chi connectivity index (χ2v) is 18.1. The summed E-state index contributed by atoms with van der Waals surface area (Å²) in [5.74, 6) is 0. The predicted molar refractivity (Wildman–Crippen MR) is 263 cm³/mol. The molecule has 0 aliphatic rings. The van der Waals surface area contributed by atoms with Crippen molar-refractivity contribution in [3.8, 4) is 0 Å². The zero-order valence-corrected chi connectivity index (χ0v) is 39.4. The van der Waals surface area contributed by atoms with Gasteiger partial charge >= 0.3 is 0 Å².